The predicted octanol–water partition coefficient (Wildman–Crippen LogP) is 1.45. The Morgan fingerprint density at radius 3 is 2.79 bits per heavy atom. The maximum Gasteiger partial charge on any atom is 0.257 e. The minimum atomic E-state index is -0.131. The van der Waals surface area contributed by atoms with Crippen molar-refractivity contribution in [2.45, 2.75) is 26.3 Å². The molecule has 5 nitrogen and oxygen atoms in total. The van der Waals surface area contributed by atoms with Gasteiger partial charge in [0.15, 0.2) is 18.1 Å². The van der Waals surface area contributed by atoms with Crippen LogP contribution in [0.25, 0.3) is 0 Å². The second-order valence-corrected chi connectivity index (χ2v) is 4.18. The van der Waals surface area contributed by atoms with Crippen molar-refractivity contribution >= 4 is 5.91 Å². The molecule has 0 spiro atoms. The Morgan fingerprint density at radius 2 is 2.16 bits per heavy atom. The highest BCUT2D eigenvalue weighted by molar-refractivity contribution is 5.77. The molecular weight excluding hydrogens is 244 g/mol. The Balaban J connectivity index is 2.53. The van der Waals surface area contributed by atoms with Crippen LogP contribution in [-0.2, 0) is 11.3 Å². The molecule has 1 rings (SSSR count). The molecule has 0 aliphatic carbocycles. The van der Waals surface area contributed by atoms with Gasteiger partial charge in [-0.1, -0.05) is 19.4 Å². The first kappa shape index (κ1) is 15.3. The summed E-state index contributed by atoms with van der Waals surface area (Å²) in [5.41, 5.74) is 6.50. The van der Waals surface area contributed by atoms with Gasteiger partial charge < -0.3 is 20.5 Å². The molecule has 0 fully saturated rings. The quantitative estimate of drug-likeness (QED) is 0.698. The van der Waals surface area contributed by atoms with E-state index in [2.05, 4.69) is 12.2 Å². The van der Waals surface area contributed by atoms with Gasteiger partial charge in [-0.05, 0) is 24.1 Å². The summed E-state index contributed by atoms with van der Waals surface area (Å²) in [4.78, 5) is 11.5. The summed E-state index contributed by atoms with van der Waals surface area (Å²) in [7, 11) is 1.56. The lowest BCUT2D eigenvalue weighted by Crippen LogP contribution is -2.29. The lowest BCUT2D eigenvalue weighted by atomic mass is 10.2. The first-order valence-electron chi connectivity index (χ1n) is 6.47. The zero-order valence-electron chi connectivity index (χ0n) is 11.6. The highest BCUT2D eigenvalue weighted by atomic mass is 16.5. The van der Waals surface area contributed by atoms with Crippen molar-refractivity contribution in [1.29, 1.82) is 0 Å². The van der Waals surface area contributed by atoms with E-state index < -0.39 is 0 Å². The second kappa shape index (κ2) is 8.37. The van der Waals surface area contributed by atoms with E-state index in [1.807, 2.05) is 6.07 Å². The number of hydrogen-bond acceptors (Lipinski definition) is 4. The fourth-order valence-electron chi connectivity index (χ4n) is 1.56. The van der Waals surface area contributed by atoms with Gasteiger partial charge in [-0.3, -0.25) is 4.79 Å². The van der Waals surface area contributed by atoms with Crippen molar-refractivity contribution in [1.82, 2.24) is 5.32 Å². The summed E-state index contributed by atoms with van der Waals surface area (Å²) in [6.07, 6.45) is 2.02. The van der Waals surface area contributed by atoms with Crippen LogP contribution in [0.4, 0.5) is 0 Å². The van der Waals surface area contributed by atoms with Gasteiger partial charge >= 0.3 is 0 Å². The van der Waals surface area contributed by atoms with E-state index in [0.29, 0.717) is 24.6 Å². The van der Waals surface area contributed by atoms with Crippen LogP contribution in [-0.4, -0.2) is 26.2 Å². The van der Waals surface area contributed by atoms with Crippen molar-refractivity contribution in [3.8, 4) is 11.5 Å². The van der Waals surface area contributed by atoms with E-state index in [1.54, 1.807) is 19.2 Å². The number of methoxy groups -OCH3 is 1. The Hall–Kier alpha value is -1.75. The molecule has 3 N–H and O–H groups in total. The monoisotopic (exact) mass is 266 g/mol. The van der Waals surface area contributed by atoms with Gasteiger partial charge in [-0.15, -0.1) is 0 Å². The number of rotatable bonds is 8. The van der Waals surface area contributed by atoms with Crippen LogP contribution >= 0.6 is 0 Å². The lowest BCUT2D eigenvalue weighted by molar-refractivity contribution is -0.123. The summed E-state index contributed by atoms with van der Waals surface area (Å²) in [5, 5.41) is 2.79. The van der Waals surface area contributed by atoms with Crippen LogP contribution in [0.15, 0.2) is 18.2 Å². The molecule has 1 aromatic carbocycles. The maximum atomic E-state index is 11.5. The van der Waals surface area contributed by atoms with E-state index in [-0.39, 0.29) is 12.5 Å². The van der Waals surface area contributed by atoms with E-state index in [4.69, 9.17) is 15.2 Å². The Labute approximate surface area is 114 Å². The number of hydrogen-bond donors (Lipinski definition) is 2. The van der Waals surface area contributed by atoms with Gasteiger partial charge in [-0.25, -0.2) is 0 Å². The largest absolute Gasteiger partial charge is 0.493 e. The summed E-state index contributed by atoms with van der Waals surface area (Å²) < 4.78 is 10.6. The lowest BCUT2D eigenvalue weighted by Gasteiger charge is -2.12. The molecule has 0 radical (unpaired) electrons. The molecule has 0 bridgehead atoms. The first-order valence-corrected chi connectivity index (χ1v) is 6.47. The molecule has 0 aliphatic heterocycles. The molecule has 0 atom stereocenters. The van der Waals surface area contributed by atoms with Gasteiger partial charge in [0.2, 0.25) is 0 Å². The topological polar surface area (TPSA) is 73.6 Å². The summed E-state index contributed by atoms with van der Waals surface area (Å²) >= 11 is 0. The number of nitrogens with two attached hydrogens (primary N) is 1. The molecule has 1 aromatic rings. The standard InChI is InChI=1S/C14H22N2O3/c1-3-4-7-16-14(17)10-19-13-8-11(9-15)5-6-12(13)18-2/h5-6,8H,3-4,7,9-10,15H2,1-2H3,(H,16,17). The van der Waals surface area contributed by atoms with E-state index >= 15 is 0 Å². The van der Waals surface area contributed by atoms with Crippen molar-refractivity contribution in [2.75, 3.05) is 20.3 Å². The number of benzene rings is 1. The number of carbonyl (C=O) groups excluding carboxylic acids is 1. The minimum absolute atomic E-state index is 0.0197. The van der Waals surface area contributed by atoms with Crippen molar-refractivity contribution < 1.29 is 14.3 Å². The average Bonchev–Trinajstić information content (AvgIpc) is 2.45. The van der Waals surface area contributed by atoms with E-state index in [9.17, 15) is 4.79 Å². The van der Waals surface area contributed by atoms with Crippen LogP contribution in [0.5, 0.6) is 11.5 Å². The van der Waals surface area contributed by atoms with Gasteiger partial charge in [0.1, 0.15) is 0 Å². The molecule has 19 heavy (non-hydrogen) atoms. The van der Waals surface area contributed by atoms with E-state index in [1.165, 1.54) is 0 Å². The van der Waals surface area contributed by atoms with Crippen molar-refractivity contribution in [3.63, 3.8) is 0 Å². The van der Waals surface area contributed by atoms with Gasteiger partial charge in [0.25, 0.3) is 5.91 Å². The van der Waals surface area contributed by atoms with Crippen molar-refractivity contribution in [3.05, 3.63) is 23.8 Å². The summed E-state index contributed by atoms with van der Waals surface area (Å²) in [6, 6.07) is 5.44. The highest BCUT2D eigenvalue weighted by Crippen LogP contribution is 2.27. The number of carbonyl (C=O) groups is 1. The fraction of sp³-hybridized carbons (Fsp3) is 0.500. The highest BCUT2D eigenvalue weighted by Gasteiger charge is 2.08. The molecule has 0 aliphatic rings. The molecule has 0 aromatic heterocycles. The Kier molecular flexibility index (Phi) is 6.74. The second-order valence-electron chi connectivity index (χ2n) is 4.18. The molecule has 0 unspecified atom stereocenters. The number of nitrogens with one attached hydrogen (secondary N) is 1. The number of amides is 1. The third-order valence-corrected chi connectivity index (χ3v) is 2.68. The van der Waals surface area contributed by atoms with Crippen LogP contribution in [0, 0.1) is 0 Å². The summed E-state index contributed by atoms with van der Waals surface area (Å²) in [5.74, 6) is 1.00. The number of unbranched alkanes of at least 4 members (excludes halogenated alkanes) is 1. The third-order valence-electron chi connectivity index (χ3n) is 2.68. The van der Waals surface area contributed by atoms with Crippen LogP contribution < -0.4 is 20.5 Å². The van der Waals surface area contributed by atoms with Crippen molar-refractivity contribution in [2.24, 2.45) is 5.73 Å². The molecular formula is C14H22N2O3. The van der Waals surface area contributed by atoms with Gasteiger partial charge in [0.05, 0.1) is 7.11 Å². The Morgan fingerprint density at radius 1 is 1.37 bits per heavy atom. The molecule has 0 heterocycles. The molecule has 1 amide bonds. The molecule has 0 saturated carbocycles. The minimum Gasteiger partial charge on any atom is -0.493 e. The zero-order chi connectivity index (χ0) is 14.1. The van der Waals surface area contributed by atoms with Gasteiger partial charge in [-0.2, -0.15) is 0 Å². The third kappa shape index (κ3) is 5.18. The molecule has 106 valence electrons. The van der Waals surface area contributed by atoms with Crippen LogP contribution in [0.1, 0.15) is 25.3 Å². The number of ether oxygens (including phenoxy) is 2. The average molecular weight is 266 g/mol. The predicted molar refractivity (Wildman–Crippen MR) is 74.3 cm³/mol. The fourth-order valence-corrected chi connectivity index (χ4v) is 1.56. The molecule has 0 saturated heterocycles. The van der Waals surface area contributed by atoms with Crippen LogP contribution in [0.3, 0.4) is 0 Å². The smallest absolute Gasteiger partial charge is 0.257 e. The summed E-state index contributed by atoms with van der Waals surface area (Å²) in [6.45, 7) is 3.15. The normalized spacial score (nSPS) is 10.1. The SMILES string of the molecule is CCCCNC(=O)COc1cc(CN)ccc1OC. The molecule has 5 heteroatoms. The van der Waals surface area contributed by atoms with Crippen LogP contribution in [0.2, 0.25) is 0 Å². The van der Waals surface area contributed by atoms with E-state index in [0.717, 1.165) is 18.4 Å². The van der Waals surface area contributed by atoms with Gasteiger partial charge in [0, 0.05) is 13.1 Å². The Bertz CT molecular complexity index is 408. The maximum absolute atomic E-state index is 11.5. The first-order chi connectivity index (χ1) is 9.21. The zero-order valence-corrected chi connectivity index (χ0v) is 11.6.